The fraction of sp³-hybridized carbons (Fsp3) is 0.938. The van der Waals surface area contributed by atoms with Gasteiger partial charge in [-0.3, -0.25) is 0 Å². The van der Waals surface area contributed by atoms with Crippen molar-refractivity contribution in [1.82, 2.24) is 20.2 Å². The molecule has 3 heterocycles. The van der Waals surface area contributed by atoms with Crippen molar-refractivity contribution < 1.29 is 14.5 Å². The first-order chi connectivity index (χ1) is 11.3. The van der Waals surface area contributed by atoms with Gasteiger partial charge in [-0.05, 0) is 30.2 Å². The molecule has 2 atom stereocenters. The Morgan fingerprint density at radius 2 is 2.09 bits per heavy atom. The molecule has 0 aromatic carbocycles. The first kappa shape index (κ1) is 16.8. The maximum Gasteiger partial charge on any atom is 0.209 e. The zero-order chi connectivity index (χ0) is 16.1. The molecule has 3 rings (SSSR count). The van der Waals surface area contributed by atoms with Gasteiger partial charge in [0.1, 0.15) is 32.2 Å². The minimum absolute atomic E-state index is 0.288. The molecule has 0 saturated carbocycles. The van der Waals surface area contributed by atoms with Crippen LogP contribution >= 0.6 is 0 Å². The van der Waals surface area contributed by atoms with E-state index in [0.717, 1.165) is 38.2 Å². The largest absolute Gasteiger partial charge is 0.376 e. The molecule has 2 N–H and O–H groups in total. The smallest absolute Gasteiger partial charge is 0.209 e. The molecule has 23 heavy (non-hydrogen) atoms. The van der Waals surface area contributed by atoms with Gasteiger partial charge in [0.25, 0.3) is 0 Å². The van der Waals surface area contributed by atoms with E-state index >= 15 is 0 Å². The lowest BCUT2D eigenvalue weighted by molar-refractivity contribution is -1.03. The SMILES string of the molecule is CCC[C@H](c1nnnn1C[C@H]1CCCO1)[NH+]1CC[NH+](CC)CC1. The van der Waals surface area contributed by atoms with Crippen molar-refractivity contribution in [2.24, 2.45) is 0 Å². The lowest BCUT2D eigenvalue weighted by Crippen LogP contribution is -3.28. The third-order valence-electron chi connectivity index (χ3n) is 5.44. The lowest BCUT2D eigenvalue weighted by Gasteiger charge is -2.33. The number of tetrazole rings is 1. The molecule has 0 unspecified atom stereocenters. The minimum Gasteiger partial charge on any atom is -0.376 e. The molecule has 0 spiro atoms. The second-order valence-corrected chi connectivity index (χ2v) is 6.96. The van der Waals surface area contributed by atoms with E-state index in [9.17, 15) is 0 Å². The Morgan fingerprint density at radius 3 is 2.74 bits per heavy atom. The van der Waals surface area contributed by atoms with Crippen molar-refractivity contribution in [1.29, 1.82) is 0 Å². The minimum atomic E-state index is 0.288. The Labute approximate surface area is 139 Å². The fourth-order valence-corrected chi connectivity index (χ4v) is 4.00. The van der Waals surface area contributed by atoms with Crippen LogP contribution in [0.25, 0.3) is 0 Å². The van der Waals surface area contributed by atoms with Crippen molar-refractivity contribution in [3.05, 3.63) is 5.82 Å². The average molecular weight is 324 g/mol. The summed E-state index contributed by atoms with van der Waals surface area (Å²) >= 11 is 0. The molecule has 130 valence electrons. The summed E-state index contributed by atoms with van der Waals surface area (Å²) in [6.07, 6.45) is 4.90. The summed E-state index contributed by atoms with van der Waals surface area (Å²) < 4.78 is 7.78. The Bertz CT molecular complexity index is 465. The first-order valence-electron chi connectivity index (χ1n) is 9.37. The van der Waals surface area contributed by atoms with E-state index < -0.39 is 0 Å². The highest BCUT2D eigenvalue weighted by Gasteiger charge is 2.33. The standard InChI is InChI=1S/C16H30N6O/c1-3-6-15(21-10-8-20(4-2)9-11-21)16-17-18-19-22(16)13-14-7-5-12-23-14/h14-15H,3-13H2,1-2H3/p+2/t14-,15-/m1/s1. The molecule has 0 bridgehead atoms. The Hall–Kier alpha value is -1.05. The number of aromatic nitrogens is 4. The zero-order valence-corrected chi connectivity index (χ0v) is 14.6. The van der Waals surface area contributed by atoms with Gasteiger partial charge in [0.15, 0.2) is 0 Å². The number of nitrogens with one attached hydrogen (secondary N) is 2. The molecular formula is C16H32N6O+2. The maximum atomic E-state index is 5.77. The van der Waals surface area contributed by atoms with Crippen LogP contribution in [0.15, 0.2) is 0 Å². The van der Waals surface area contributed by atoms with Crippen LogP contribution in [-0.2, 0) is 11.3 Å². The van der Waals surface area contributed by atoms with Gasteiger partial charge < -0.3 is 14.5 Å². The molecule has 7 heteroatoms. The zero-order valence-electron chi connectivity index (χ0n) is 14.6. The third kappa shape index (κ3) is 4.08. The number of hydrogen-bond acceptors (Lipinski definition) is 4. The summed E-state index contributed by atoms with van der Waals surface area (Å²) in [5.41, 5.74) is 0. The van der Waals surface area contributed by atoms with Crippen LogP contribution in [0.3, 0.4) is 0 Å². The molecule has 7 nitrogen and oxygen atoms in total. The van der Waals surface area contributed by atoms with E-state index in [2.05, 4.69) is 29.4 Å². The number of hydrogen-bond donors (Lipinski definition) is 2. The summed E-state index contributed by atoms with van der Waals surface area (Å²) in [5.74, 6) is 1.07. The second kappa shape index (κ2) is 8.17. The van der Waals surface area contributed by atoms with Gasteiger partial charge >= 0.3 is 0 Å². The molecule has 1 aromatic heterocycles. The van der Waals surface area contributed by atoms with Crippen molar-refractivity contribution >= 4 is 0 Å². The summed E-state index contributed by atoms with van der Waals surface area (Å²) in [6.45, 7) is 12.4. The summed E-state index contributed by atoms with van der Waals surface area (Å²) in [4.78, 5) is 3.38. The fourth-order valence-electron chi connectivity index (χ4n) is 4.00. The lowest BCUT2D eigenvalue weighted by atomic mass is 10.1. The van der Waals surface area contributed by atoms with Gasteiger partial charge in [-0.2, -0.15) is 0 Å². The number of rotatable bonds is 7. The molecular weight excluding hydrogens is 292 g/mol. The normalized spacial score (nSPS) is 29.7. The van der Waals surface area contributed by atoms with Gasteiger partial charge in [0.2, 0.25) is 5.82 Å². The Kier molecular flexibility index (Phi) is 5.96. The topological polar surface area (TPSA) is 61.7 Å². The Balaban J connectivity index is 1.69. The van der Waals surface area contributed by atoms with E-state index in [-0.39, 0.29) is 6.10 Å². The monoisotopic (exact) mass is 324 g/mol. The Morgan fingerprint density at radius 1 is 1.26 bits per heavy atom. The van der Waals surface area contributed by atoms with Gasteiger partial charge in [-0.25, -0.2) is 4.68 Å². The number of likely N-dealkylation sites (N-methyl/N-ethyl adjacent to an activating group) is 1. The van der Waals surface area contributed by atoms with Crippen LogP contribution in [0.1, 0.15) is 51.4 Å². The van der Waals surface area contributed by atoms with Crippen LogP contribution in [-0.4, -0.2) is 65.6 Å². The van der Waals surface area contributed by atoms with Crippen LogP contribution in [0, 0.1) is 0 Å². The number of nitrogens with zero attached hydrogens (tertiary/aromatic N) is 4. The summed E-state index contributed by atoms with van der Waals surface area (Å²) in [5, 5.41) is 12.7. The van der Waals surface area contributed by atoms with Crippen molar-refractivity contribution in [2.45, 2.75) is 58.2 Å². The van der Waals surface area contributed by atoms with Crippen LogP contribution < -0.4 is 9.80 Å². The van der Waals surface area contributed by atoms with E-state index in [1.54, 1.807) is 9.80 Å². The highest BCUT2D eigenvalue weighted by Crippen LogP contribution is 2.17. The molecule has 2 aliphatic rings. The number of quaternary nitrogens is 2. The molecule has 2 saturated heterocycles. The first-order valence-corrected chi connectivity index (χ1v) is 9.37. The quantitative estimate of drug-likeness (QED) is 0.641. The summed E-state index contributed by atoms with van der Waals surface area (Å²) in [6, 6.07) is 0.426. The predicted octanol–water partition coefficient (Wildman–Crippen LogP) is -1.50. The van der Waals surface area contributed by atoms with Gasteiger partial charge in [-0.15, -0.1) is 5.10 Å². The molecule has 2 aliphatic heterocycles. The van der Waals surface area contributed by atoms with Crippen LogP contribution in [0.2, 0.25) is 0 Å². The predicted molar refractivity (Wildman–Crippen MR) is 86.4 cm³/mol. The molecule has 0 amide bonds. The van der Waals surface area contributed by atoms with Gasteiger partial charge in [0.05, 0.1) is 19.2 Å². The molecule has 1 aromatic rings. The van der Waals surface area contributed by atoms with E-state index in [1.807, 2.05) is 4.68 Å². The van der Waals surface area contributed by atoms with E-state index in [4.69, 9.17) is 4.74 Å². The van der Waals surface area contributed by atoms with Gasteiger partial charge in [-0.1, -0.05) is 13.3 Å². The maximum absolute atomic E-state index is 5.77. The van der Waals surface area contributed by atoms with Crippen molar-refractivity contribution in [3.63, 3.8) is 0 Å². The average Bonchev–Trinajstić information content (AvgIpc) is 3.25. The van der Waals surface area contributed by atoms with Crippen molar-refractivity contribution in [2.75, 3.05) is 39.3 Å². The molecule has 2 fully saturated rings. The summed E-state index contributed by atoms with van der Waals surface area (Å²) in [7, 11) is 0. The van der Waals surface area contributed by atoms with Gasteiger partial charge in [0, 0.05) is 13.0 Å². The second-order valence-electron chi connectivity index (χ2n) is 6.96. The highest BCUT2D eigenvalue weighted by atomic mass is 16.5. The van der Waals surface area contributed by atoms with Crippen LogP contribution in [0.5, 0.6) is 0 Å². The highest BCUT2D eigenvalue weighted by molar-refractivity contribution is 4.88. The third-order valence-corrected chi connectivity index (χ3v) is 5.44. The van der Waals surface area contributed by atoms with E-state index in [1.165, 1.54) is 39.1 Å². The molecule has 0 aliphatic carbocycles. The number of piperazine rings is 1. The molecule has 0 radical (unpaired) electrons. The van der Waals surface area contributed by atoms with Crippen molar-refractivity contribution in [3.8, 4) is 0 Å². The van der Waals surface area contributed by atoms with Crippen LogP contribution in [0.4, 0.5) is 0 Å². The van der Waals surface area contributed by atoms with E-state index in [0.29, 0.717) is 6.04 Å². The number of ether oxygens (including phenoxy) is 1.